The molecule has 7 nitrogen and oxygen atoms in total. The molecular weight excluding hydrogens is 377 g/mol. The minimum atomic E-state index is -0.635. The Morgan fingerprint density at radius 1 is 1.17 bits per heavy atom. The number of anilines is 1. The van der Waals surface area contributed by atoms with Crippen LogP contribution >= 0.6 is 0 Å². The van der Waals surface area contributed by atoms with E-state index in [-0.39, 0.29) is 13.2 Å². The van der Waals surface area contributed by atoms with Gasteiger partial charge in [0.1, 0.15) is 19.0 Å². The second-order valence-corrected chi connectivity index (χ2v) is 6.87. The Kier molecular flexibility index (Phi) is 4.75. The number of carbonyl (C=O) groups is 3. The van der Waals surface area contributed by atoms with Gasteiger partial charge in [0.05, 0.1) is 17.3 Å². The van der Waals surface area contributed by atoms with Crippen LogP contribution in [0.2, 0.25) is 0 Å². The topological polar surface area (TPSA) is 87.7 Å². The van der Waals surface area contributed by atoms with Gasteiger partial charge >= 0.3 is 12.0 Å². The summed E-state index contributed by atoms with van der Waals surface area (Å²) in [4.78, 5) is 38.6. The fraction of sp³-hybridized carbons (Fsp3) is 0.190. The lowest BCUT2D eigenvalue weighted by atomic mass is 9.95. The number of cyclic esters (lactones) is 1. The van der Waals surface area contributed by atoms with E-state index in [4.69, 9.17) is 4.74 Å². The monoisotopic (exact) mass is 395 g/mol. The van der Waals surface area contributed by atoms with Crippen LogP contribution in [-0.2, 0) is 14.3 Å². The summed E-state index contributed by atoms with van der Waals surface area (Å²) >= 11 is 0. The number of benzene rings is 2. The third kappa shape index (κ3) is 3.69. The molecule has 0 aromatic heterocycles. The van der Waals surface area contributed by atoms with Crippen LogP contribution in [0.15, 0.2) is 59.8 Å². The van der Waals surface area contributed by atoms with Crippen LogP contribution in [0.3, 0.4) is 0 Å². The zero-order chi connectivity index (χ0) is 20.5. The average molecular weight is 395 g/mol. The maximum absolute atomic E-state index is 13.0. The Morgan fingerprint density at radius 3 is 2.55 bits per heavy atom. The summed E-state index contributed by atoms with van der Waals surface area (Å²) in [7, 11) is 0. The van der Waals surface area contributed by atoms with Gasteiger partial charge < -0.3 is 15.4 Å². The van der Waals surface area contributed by atoms with Gasteiger partial charge in [-0.05, 0) is 36.8 Å². The Labute approximate surface area is 166 Å². The first kappa shape index (κ1) is 18.7. The van der Waals surface area contributed by atoms with Gasteiger partial charge in [-0.15, -0.1) is 0 Å². The number of hydrogen-bond donors (Lipinski definition) is 2. The zero-order valence-corrected chi connectivity index (χ0v) is 15.6. The van der Waals surface area contributed by atoms with Gasteiger partial charge in [-0.1, -0.05) is 29.8 Å². The van der Waals surface area contributed by atoms with Gasteiger partial charge in [-0.2, -0.15) is 0 Å². The van der Waals surface area contributed by atoms with Crippen LogP contribution in [0.4, 0.5) is 14.9 Å². The second kappa shape index (κ2) is 7.38. The lowest BCUT2D eigenvalue weighted by molar-refractivity contribution is -0.136. The van der Waals surface area contributed by atoms with Crippen LogP contribution in [0.1, 0.15) is 17.2 Å². The molecule has 2 aliphatic rings. The molecule has 0 bridgehead atoms. The van der Waals surface area contributed by atoms with E-state index in [1.807, 2.05) is 31.2 Å². The van der Waals surface area contributed by atoms with Crippen molar-refractivity contribution in [2.24, 2.45) is 0 Å². The van der Waals surface area contributed by atoms with Crippen molar-refractivity contribution in [2.75, 3.05) is 18.5 Å². The Morgan fingerprint density at radius 2 is 1.86 bits per heavy atom. The molecule has 0 fully saturated rings. The molecule has 0 spiro atoms. The van der Waals surface area contributed by atoms with Gasteiger partial charge in [-0.3, -0.25) is 9.69 Å². The predicted molar refractivity (Wildman–Crippen MR) is 102 cm³/mol. The summed E-state index contributed by atoms with van der Waals surface area (Å²) < 4.78 is 18.2. The maximum Gasteiger partial charge on any atom is 0.338 e. The first-order valence-corrected chi connectivity index (χ1v) is 9.02. The Hall–Kier alpha value is -3.68. The molecule has 3 amide bonds. The van der Waals surface area contributed by atoms with Crippen molar-refractivity contribution in [1.29, 1.82) is 0 Å². The highest BCUT2D eigenvalue weighted by Gasteiger charge is 2.42. The van der Waals surface area contributed by atoms with E-state index in [0.717, 1.165) is 11.1 Å². The zero-order valence-electron chi connectivity index (χ0n) is 15.6. The third-order valence-electron chi connectivity index (χ3n) is 4.84. The molecule has 148 valence electrons. The number of aryl methyl sites for hydroxylation is 1. The molecule has 2 aromatic rings. The standard InChI is InChI=1S/C21H18FN3O4/c1-12-2-4-13(5-3-12)19-18-16(11-29-20(18)27)25(21(28)24-19)10-17(26)23-15-8-6-14(22)7-9-15/h2-9,19H,10-11H2,1H3,(H,23,26)(H,24,28)/t19-/m1/s1. The molecule has 2 heterocycles. The van der Waals surface area contributed by atoms with Gasteiger partial charge in [0.15, 0.2) is 0 Å². The highest BCUT2D eigenvalue weighted by Crippen LogP contribution is 2.35. The van der Waals surface area contributed by atoms with Crippen molar-refractivity contribution in [2.45, 2.75) is 13.0 Å². The lowest BCUT2D eigenvalue weighted by Crippen LogP contribution is -2.49. The van der Waals surface area contributed by atoms with Crippen molar-refractivity contribution in [3.05, 3.63) is 76.7 Å². The third-order valence-corrected chi connectivity index (χ3v) is 4.84. The number of nitrogens with one attached hydrogen (secondary N) is 2. The van der Waals surface area contributed by atoms with E-state index in [9.17, 15) is 18.8 Å². The number of ether oxygens (including phenoxy) is 1. The first-order chi connectivity index (χ1) is 13.9. The van der Waals surface area contributed by atoms with Crippen molar-refractivity contribution >= 4 is 23.6 Å². The van der Waals surface area contributed by atoms with Gasteiger partial charge in [0.25, 0.3) is 0 Å². The van der Waals surface area contributed by atoms with Crippen molar-refractivity contribution in [3.8, 4) is 0 Å². The fourth-order valence-corrected chi connectivity index (χ4v) is 3.36. The summed E-state index contributed by atoms with van der Waals surface area (Å²) in [5.41, 5.74) is 2.91. The molecule has 0 saturated carbocycles. The number of hydrogen-bond acceptors (Lipinski definition) is 4. The van der Waals surface area contributed by atoms with E-state index >= 15 is 0 Å². The minimum absolute atomic E-state index is 0.0756. The Bertz CT molecular complexity index is 1020. The van der Waals surface area contributed by atoms with Gasteiger partial charge in [0.2, 0.25) is 5.91 Å². The highest BCUT2D eigenvalue weighted by atomic mass is 19.1. The molecule has 0 aliphatic carbocycles. The molecule has 2 N–H and O–H groups in total. The molecule has 2 aliphatic heterocycles. The number of rotatable bonds is 4. The van der Waals surface area contributed by atoms with Crippen LogP contribution < -0.4 is 10.6 Å². The molecule has 0 unspecified atom stereocenters. The van der Waals surface area contributed by atoms with Gasteiger partial charge in [-0.25, -0.2) is 14.0 Å². The summed E-state index contributed by atoms with van der Waals surface area (Å²) in [6.07, 6.45) is 0. The van der Waals surface area contributed by atoms with Crippen LogP contribution in [0.25, 0.3) is 0 Å². The quantitative estimate of drug-likeness (QED) is 0.779. The van der Waals surface area contributed by atoms with E-state index < -0.39 is 29.8 Å². The molecule has 0 saturated heterocycles. The number of esters is 1. The largest absolute Gasteiger partial charge is 0.456 e. The van der Waals surface area contributed by atoms with Crippen molar-refractivity contribution in [3.63, 3.8) is 0 Å². The minimum Gasteiger partial charge on any atom is -0.456 e. The first-order valence-electron chi connectivity index (χ1n) is 9.02. The fourth-order valence-electron chi connectivity index (χ4n) is 3.36. The lowest BCUT2D eigenvalue weighted by Gasteiger charge is -2.32. The molecule has 0 radical (unpaired) electrons. The molecule has 4 rings (SSSR count). The van der Waals surface area contributed by atoms with Gasteiger partial charge in [0, 0.05) is 5.69 Å². The number of nitrogens with zero attached hydrogens (tertiary/aromatic N) is 1. The summed E-state index contributed by atoms with van der Waals surface area (Å²) in [5, 5.41) is 5.38. The second-order valence-electron chi connectivity index (χ2n) is 6.87. The summed E-state index contributed by atoms with van der Waals surface area (Å²) in [6.45, 7) is 1.56. The van der Waals surface area contributed by atoms with E-state index in [2.05, 4.69) is 10.6 Å². The number of amides is 3. The smallest absolute Gasteiger partial charge is 0.338 e. The summed E-state index contributed by atoms with van der Waals surface area (Å²) in [5.74, 6) is -1.42. The predicted octanol–water partition coefficient (Wildman–Crippen LogP) is 2.65. The van der Waals surface area contributed by atoms with Crippen LogP contribution in [-0.4, -0.2) is 36.0 Å². The molecule has 1 atom stereocenters. The average Bonchev–Trinajstić information content (AvgIpc) is 3.08. The van der Waals surface area contributed by atoms with E-state index in [1.54, 1.807) is 0 Å². The maximum atomic E-state index is 13.0. The van der Waals surface area contributed by atoms with Crippen LogP contribution in [0, 0.1) is 12.7 Å². The summed E-state index contributed by atoms with van der Waals surface area (Å²) in [6, 6.07) is 11.6. The molecule has 8 heteroatoms. The van der Waals surface area contributed by atoms with Crippen molar-refractivity contribution < 1.29 is 23.5 Å². The van der Waals surface area contributed by atoms with E-state index in [1.165, 1.54) is 29.2 Å². The highest BCUT2D eigenvalue weighted by molar-refractivity contribution is 6.00. The molecule has 2 aromatic carbocycles. The van der Waals surface area contributed by atoms with Crippen molar-refractivity contribution in [1.82, 2.24) is 10.2 Å². The normalized spacial score (nSPS) is 18.3. The SMILES string of the molecule is Cc1ccc([C@H]2NC(=O)N(CC(=O)Nc3ccc(F)cc3)C3=C2C(=O)OC3)cc1. The molecular formula is C21H18FN3O4. The number of carbonyl (C=O) groups excluding carboxylic acids is 3. The van der Waals surface area contributed by atoms with E-state index in [0.29, 0.717) is 17.0 Å². The number of urea groups is 1. The molecule has 29 heavy (non-hydrogen) atoms. The number of halogens is 1. The van der Waals surface area contributed by atoms with Crippen LogP contribution in [0.5, 0.6) is 0 Å². The Balaban J connectivity index is 1.58.